The third kappa shape index (κ3) is 4.26. The number of furan rings is 1. The lowest BCUT2D eigenvalue weighted by Crippen LogP contribution is -2.49. The van der Waals surface area contributed by atoms with Gasteiger partial charge in [-0.1, -0.05) is 12.1 Å². The van der Waals surface area contributed by atoms with Crippen LogP contribution >= 0.6 is 0 Å². The zero-order chi connectivity index (χ0) is 23.5. The fraction of sp³-hybridized carbons (Fsp3) is 0.269. The van der Waals surface area contributed by atoms with Crippen molar-refractivity contribution in [1.29, 1.82) is 0 Å². The van der Waals surface area contributed by atoms with Crippen LogP contribution in [-0.4, -0.2) is 60.9 Å². The average molecular weight is 459 g/mol. The van der Waals surface area contributed by atoms with Crippen LogP contribution in [0.2, 0.25) is 0 Å². The van der Waals surface area contributed by atoms with Crippen LogP contribution in [0, 0.1) is 0 Å². The van der Waals surface area contributed by atoms with E-state index in [0.717, 1.165) is 28.2 Å². The van der Waals surface area contributed by atoms with Gasteiger partial charge in [0.1, 0.15) is 5.75 Å². The van der Waals surface area contributed by atoms with Crippen molar-refractivity contribution in [2.75, 3.05) is 44.8 Å². The molecule has 0 unspecified atom stereocenters. The first kappa shape index (κ1) is 21.8. The van der Waals surface area contributed by atoms with E-state index >= 15 is 0 Å². The van der Waals surface area contributed by atoms with Crippen LogP contribution in [0.3, 0.4) is 0 Å². The van der Waals surface area contributed by atoms with Gasteiger partial charge in [0.05, 0.1) is 19.4 Å². The SMILES string of the molecule is CCOc1ccc(-c2ccc(N3CCN(C(=O)c4cc5cccc(OC)c5o4)CC3)nn2)cc1. The van der Waals surface area contributed by atoms with E-state index in [1.807, 2.05) is 66.4 Å². The van der Waals surface area contributed by atoms with Crippen molar-refractivity contribution >= 4 is 22.7 Å². The number of ether oxygens (including phenoxy) is 2. The van der Waals surface area contributed by atoms with Crippen LogP contribution in [0.25, 0.3) is 22.2 Å². The largest absolute Gasteiger partial charge is 0.494 e. The summed E-state index contributed by atoms with van der Waals surface area (Å²) in [7, 11) is 1.59. The molecule has 174 valence electrons. The van der Waals surface area contributed by atoms with E-state index in [1.165, 1.54) is 0 Å². The summed E-state index contributed by atoms with van der Waals surface area (Å²) >= 11 is 0. The van der Waals surface area contributed by atoms with Gasteiger partial charge in [0.2, 0.25) is 0 Å². The molecule has 8 nitrogen and oxygen atoms in total. The predicted molar refractivity (Wildman–Crippen MR) is 130 cm³/mol. The highest BCUT2D eigenvalue weighted by molar-refractivity contribution is 5.97. The van der Waals surface area contributed by atoms with Crippen molar-refractivity contribution in [3.05, 3.63) is 66.4 Å². The molecule has 2 aromatic carbocycles. The Kier molecular flexibility index (Phi) is 6.03. The molecular formula is C26H26N4O4. The molecule has 0 radical (unpaired) electrons. The minimum absolute atomic E-state index is 0.116. The number of nitrogens with zero attached hydrogens (tertiary/aromatic N) is 4. The first-order chi connectivity index (χ1) is 16.7. The molecule has 1 amide bonds. The summed E-state index contributed by atoms with van der Waals surface area (Å²) in [4.78, 5) is 17.0. The molecular weight excluding hydrogens is 432 g/mol. The van der Waals surface area contributed by atoms with Gasteiger partial charge in [0.25, 0.3) is 5.91 Å². The Morgan fingerprint density at radius 2 is 1.79 bits per heavy atom. The van der Waals surface area contributed by atoms with E-state index in [-0.39, 0.29) is 5.91 Å². The lowest BCUT2D eigenvalue weighted by atomic mass is 10.1. The van der Waals surface area contributed by atoms with Gasteiger partial charge in [-0.25, -0.2) is 0 Å². The maximum Gasteiger partial charge on any atom is 0.289 e. The lowest BCUT2D eigenvalue weighted by Gasteiger charge is -2.34. The molecule has 3 heterocycles. The molecule has 1 aliphatic heterocycles. The van der Waals surface area contributed by atoms with Crippen molar-refractivity contribution in [3.63, 3.8) is 0 Å². The summed E-state index contributed by atoms with van der Waals surface area (Å²) in [5.41, 5.74) is 2.39. The molecule has 0 N–H and O–H groups in total. The summed E-state index contributed by atoms with van der Waals surface area (Å²) in [6, 6.07) is 19.2. The Bertz CT molecular complexity index is 1280. The number of aromatic nitrogens is 2. The first-order valence-electron chi connectivity index (χ1n) is 11.3. The maximum atomic E-state index is 13.0. The highest BCUT2D eigenvalue weighted by Gasteiger charge is 2.26. The highest BCUT2D eigenvalue weighted by atomic mass is 16.5. The number of fused-ring (bicyclic) bond motifs is 1. The van der Waals surface area contributed by atoms with Gasteiger partial charge in [-0.3, -0.25) is 4.79 Å². The Morgan fingerprint density at radius 3 is 2.47 bits per heavy atom. The van der Waals surface area contributed by atoms with Crippen LogP contribution in [-0.2, 0) is 0 Å². The maximum absolute atomic E-state index is 13.0. The monoisotopic (exact) mass is 458 g/mol. The van der Waals surface area contributed by atoms with Crippen molar-refractivity contribution in [2.24, 2.45) is 0 Å². The second-order valence-corrected chi connectivity index (χ2v) is 8.00. The summed E-state index contributed by atoms with van der Waals surface area (Å²) in [5, 5.41) is 9.68. The predicted octanol–water partition coefficient (Wildman–Crippen LogP) is 4.26. The minimum Gasteiger partial charge on any atom is -0.494 e. The zero-order valence-corrected chi connectivity index (χ0v) is 19.2. The van der Waals surface area contributed by atoms with Crippen molar-refractivity contribution < 1.29 is 18.7 Å². The van der Waals surface area contributed by atoms with E-state index < -0.39 is 0 Å². The topological polar surface area (TPSA) is 80.9 Å². The Balaban J connectivity index is 1.22. The second-order valence-electron chi connectivity index (χ2n) is 8.00. The van der Waals surface area contributed by atoms with Gasteiger partial charge in [0.15, 0.2) is 22.9 Å². The van der Waals surface area contributed by atoms with Crippen molar-refractivity contribution in [3.8, 4) is 22.8 Å². The van der Waals surface area contributed by atoms with Gasteiger partial charge >= 0.3 is 0 Å². The standard InChI is InChI=1S/C26H26N4O4/c1-3-33-20-9-7-18(8-10-20)21-11-12-24(28-27-21)29-13-15-30(16-14-29)26(31)23-17-19-5-4-6-22(32-2)25(19)34-23/h4-12,17H,3,13-16H2,1-2H3. The molecule has 1 fully saturated rings. The third-order valence-electron chi connectivity index (χ3n) is 5.94. The number of benzene rings is 2. The van der Waals surface area contributed by atoms with E-state index in [0.29, 0.717) is 49.9 Å². The molecule has 0 aliphatic carbocycles. The Hall–Kier alpha value is -4.07. The molecule has 8 heteroatoms. The third-order valence-corrected chi connectivity index (χ3v) is 5.94. The molecule has 0 saturated carbocycles. The molecule has 0 bridgehead atoms. The quantitative estimate of drug-likeness (QED) is 0.427. The van der Waals surface area contributed by atoms with Crippen LogP contribution in [0.1, 0.15) is 17.5 Å². The minimum atomic E-state index is -0.116. The number of anilines is 1. The highest BCUT2D eigenvalue weighted by Crippen LogP contribution is 2.29. The van der Waals surface area contributed by atoms with E-state index in [9.17, 15) is 4.79 Å². The smallest absolute Gasteiger partial charge is 0.289 e. The van der Waals surface area contributed by atoms with Gasteiger partial charge in [-0.2, -0.15) is 0 Å². The number of carbonyl (C=O) groups is 1. The number of amides is 1. The number of carbonyl (C=O) groups excluding carboxylic acids is 1. The second kappa shape index (κ2) is 9.43. The first-order valence-corrected chi connectivity index (χ1v) is 11.3. The summed E-state index contributed by atoms with van der Waals surface area (Å²) in [5.74, 6) is 2.47. The number of para-hydroxylation sites is 1. The van der Waals surface area contributed by atoms with Crippen molar-refractivity contribution in [2.45, 2.75) is 6.92 Å². The molecule has 34 heavy (non-hydrogen) atoms. The van der Waals surface area contributed by atoms with Crippen LogP contribution in [0.5, 0.6) is 11.5 Å². The number of hydrogen-bond donors (Lipinski definition) is 0. The van der Waals surface area contributed by atoms with Crippen molar-refractivity contribution in [1.82, 2.24) is 15.1 Å². The number of methoxy groups -OCH3 is 1. The van der Waals surface area contributed by atoms with E-state index in [4.69, 9.17) is 13.9 Å². The summed E-state index contributed by atoms with van der Waals surface area (Å²) in [6.07, 6.45) is 0. The summed E-state index contributed by atoms with van der Waals surface area (Å²) in [6.45, 7) is 5.10. The van der Waals surface area contributed by atoms with E-state index in [2.05, 4.69) is 15.1 Å². The Morgan fingerprint density at radius 1 is 1.00 bits per heavy atom. The molecule has 5 rings (SSSR count). The molecule has 2 aromatic heterocycles. The molecule has 1 saturated heterocycles. The molecule has 4 aromatic rings. The zero-order valence-electron chi connectivity index (χ0n) is 19.2. The van der Waals surface area contributed by atoms with Crippen LogP contribution in [0.15, 0.2) is 65.1 Å². The van der Waals surface area contributed by atoms with Gasteiger partial charge in [-0.15, -0.1) is 10.2 Å². The average Bonchev–Trinajstić information content (AvgIpc) is 3.34. The molecule has 0 spiro atoms. The van der Waals surface area contributed by atoms with E-state index in [1.54, 1.807) is 13.2 Å². The lowest BCUT2D eigenvalue weighted by molar-refractivity contribution is 0.0716. The normalized spacial score (nSPS) is 13.8. The summed E-state index contributed by atoms with van der Waals surface area (Å²) < 4.78 is 16.7. The van der Waals surface area contributed by atoms with Gasteiger partial charge in [-0.05, 0) is 55.5 Å². The molecule has 0 atom stereocenters. The number of hydrogen-bond acceptors (Lipinski definition) is 7. The van der Waals surface area contributed by atoms with Gasteiger partial charge < -0.3 is 23.7 Å². The molecule has 1 aliphatic rings. The van der Waals surface area contributed by atoms with Gasteiger partial charge in [0, 0.05) is 37.1 Å². The Labute approximate surface area is 197 Å². The number of rotatable bonds is 6. The van der Waals surface area contributed by atoms with Crippen LogP contribution in [0.4, 0.5) is 5.82 Å². The fourth-order valence-electron chi connectivity index (χ4n) is 4.13. The number of piperazine rings is 1. The van der Waals surface area contributed by atoms with Crippen LogP contribution < -0.4 is 14.4 Å². The fourth-order valence-corrected chi connectivity index (χ4v) is 4.13.